The molecule has 0 heterocycles. The third-order valence-electron chi connectivity index (χ3n) is 16.2. The molecule has 350 valence electrons. The van der Waals surface area contributed by atoms with E-state index in [9.17, 15) is 13.6 Å². The minimum Gasteiger partial charge on any atom is -0.494 e. The molecular weight excluding hydrogens is 791 g/mol. The van der Waals surface area contributed by atoms with Crippen molar-refractivity contribution in [2.24, 2.45) is 56.6 Å². The summed E-state index contributed by atoms with van der Waals surface area (Å²) >= 11 is 0. The molecule has 0 N–H and O–H groups in total. The van der Waals surface area contributed by atoms with E-state index in [1.165, 1.54) is 89.2 Å². The van der Waals surface area contributed by atoms with Gasteiger partial charge in [0.05, 0.1) is 18.9 Å². The van der Waals surface area contributed by atoms with Gasteiger partial charge in [-0.15, -0.1) is 5.11 Å². The standard InChI is InChI=1S/C55H82F2N2O4/c1-7-8-9-10-13-16-36-61-43-25-23-42(24-26-43)58-59-49-30-31-50(53(57)52(49)56)62-37-17-14-11-12-15-21-51(60)63-44-32-34-54(5)41(38-44)22-27-45-47-29-28-46(40(4)20-18-19-39(2)3)55(47,6)35-33-48(45)54/h22-26,30-31,39-40,44-48H,7-21,27-29,32-38H2,1-6H3/t40-,44+,45+,46-,47+,48+,54+,55-/m1/s1. The van der Waals surface area contributed by atoms with Crippen molar-refractivity contribution in [2.75, 3.05) is 13.2 Å². The minimum absolute atomic E-state index is 0.00133. The average Bonchev–Trinajstić information content (AvgIpc) is 3.63. The number of carbonyl (C=O) groups is 1. The molecule has 0 saturated heterocycles. The average molecular weight is 873 g/mol. The van der Waals surface area contributed by atoms with E-state index in [0.29, 0.717) is 30.6 Å². The summed E-state index contributed by atoms with van der Waals surface area (Å²) in [7, 11) is 0. The first-order valence-electron chi connectivity index (χ1n) is 25.6. The van der Waals surface area contributed by atoms with E-state index in [-0.39, 0.29) is 35.5 Å². The van der Waals surface area contributed by atoms with E-state index in [1.807, 2.05) is 12.1 Å². The van der Waals surface area contributed by atoms with Crippen LogP contribution in [0.25, 0.3) is 0 Å². The highest BCUT2D eigenvalue weighted by molar-refractivity contribution is 5.69. The Morgan fingerprint density at radius 3 is 2.21 bits per heavy atom. The first-order chi connectivity index (χ1) is 30.4. The number of nitrogens with zero attached hydrogens (tertiary/aromatic N) is 2. The molecule has 63 heavy (non-hydrogen) atoms. The molecule has 8 atom stereocenters. The van der Waals surface area contributed by atoms with Crippen molar-refractivity contribution in [3.05, 3.63) is 59.7 Å². The van der Waals surface area contributed by atoms with E-state index < -0.39 is 11.6 Å². The zero-order chi connectivity index (χ0) is 44.8. The van der Waals surface area contributed by atoms with Crippen LogP contribution < -0.4 is 9.47 Å². The largest absolute Gasteiger partial charge is 0.494 e. The van der Waals surface area contributed by atoms with Crippen molar-refractivity contribution in [1.29, 1.82) is 0 Å². The van der Waals surface area contributed by atoms with Crippen LogP contribution in [0.3, 0.4) is 0 Å². The SMILES string of the molecule is CCCCCCCCOc1ccc(N=Nc2ccc(OCCCCCCCC(=O)O[C@H]3CC[C@@]4(C)C(=CC[C@H]5[C@@H]6CC[C@H]([C@H](C)CCCC(C)C)[C@@]6(C)CC[C@@H]54)C3)c(F)c2F)cc1. The number of hydrogen-bond donors (Lipinski definition) is 0. The quantitative estimate of drug-likeness (QED) is 0.0431. The van der Waals surface area contributed by atoms with E-state index in [2.05, 4.69) is 57.8 Å². The van der Waals surface area contributed by atoms with Gasteiger partial charge >= 0.3 is 5.97 Å². The van der Waals surface area contributed by atoms with Gasteiger partial charge in [-0.1, -0.05) is 124 Å². The molecule has 2 aromatic rings. The van der Waals surface area contributed by atoms with E-state index in [1.54, 1.807) is 17.7 Å². The molecule has 2 aromatic carbocycles. The summed E-state index contributed by atoms with van der Waals surface area (Å²) < 4.78 is 47.2. The van der Waals surface area contributed by atoms with Gasteiger partial charge in [0.25, 0.3) is 0 Å². The predicted molar refractivity (Wildman–Crippen MR) is 252 cm³/mol. The topological polar surface area (TPSA) is 69.5 Å². The van der Waals surface area contributed by atoms with Gasteiger partial charge in [0.1, 0.15) is 17.5 Å². The lowest BCUT2D eigenvalue weighted by atomic mass is 9.47. The number of carbonyl (C=O) groups excluding carboxylic acids is 1. The lowest BCUT2D eigenvalue weighted by Crippen LogP contribution is -2.51. The van der Waals surface area contributed by atoms with Crippen LogP contribution >= 0.6 is 0 Å². The molecule has 0 aromatic heterocycles. The van der Waals surface area contributed by atoms with Gasteiger partial charge in [0.2, 0.25) is 5.82 Å². The molecule has 6 rings (SSSR count). The lowest BCUT2D eigenvalue weighted by Gasteiger charge is -2.58. The first-order valence-corrected chi connectivity index (χ1v) is 25.6. The lowest BCUT2D eigenvalue weighted by molar-refractivity contribution is -0.151. The molecule has 8 heteroatoms. The molecule has 0 bridgehead atoms. The normalized spacial score (nSPS) is 27.1. The number of rotatable bonds is 25. The van der Waals surface area contributed by atoms with Crippen molar-refractivity contribution >= 4 is 17.3 Å². The van der Waals surface area contributed by atoms with Crippen LogP contribution in [0.4, 0.5) is 20.2 Å². The minimum atomic E-state index is -1.08. The summed E-state index contributed by atoms with van der Waals surface area (Å²) in [5.74, 6) is 3.36. The molecule has 3 fully saturated rings. The zero-order valence-electron chi connectivity index (χ0n) is 40.0. The highest BCUT2D eigenvalue weighted by atomic mass is 19.2. The summed E-state index contributed by atoms with van der Waals surface area (Å²) in [6.45, 7) is 15.7. The fourth-order valence-electron chi connectivity index (χ4n) is 12.6. The van der Waals surface area contributed by atoms with E-state index in [0.717, 1.165) is 99.0 Å². The summed E-state index contributed by atoms with van der Waals surface area (Å²) in [6, 6.07) is 9.89. The second-order valence-corrected chi connectivity index (χ2v) is 21.0. The van der Waals surface area contributed by atoms with Crippen molar-refractivity contribution in [1.82, 2.24) is 0 Å². The van der Waals surface area contributed by atoms with Crippen LogP contribution in [-0.4, -0.2) is 25.3 Å². The number of unbranched alkanes of at least 4 members (excludes halogenated alkanes) is 9. The smallest absolute Gasteiger partial charge is 0.306 e. The summed E-state index contributed by atoms with van der Waals surface area (Å²) in [5, 5.41) is 8.02. The molecule has 0 aliphatic heterocycles. The number of fused-ring (bicyclic) bond motifs is 5. The maximum absolute atomic E-state index is 14.8. The Balaban J connectivity index is 0.840. The second-order valence-electron chi connectivity index (χ2n) is 21.0. The third-order valence-corrected chi connectivity index (χ3v) is 16.2. The van der Waals surface area contributed by atoms with Gasteiger partial charge in [-0.25, -0.2) is 4.39 Å². The van der Waals surface area contributed by atoms with Crippen molar-refractivity contribution < 1.29 is 27.8 Å². The third kappa shape index (κ3) is 13.0. The van der Waals surface area contributed by atoms with Gasteiger partial charge in [-0.05, 0) is 147 Å². The van der Waals surface area contributed by atoms with E-state index >= 15 is 0 Å². The Labute approximate surface area is 380 Å². The number of azo groups is 1. The Hall–Kier alpha value is -3.29. The summed E-state index contributed by atoms with van der Waals surface area (Å²) in [4.78, 5) is 12.9. The number of ether oxygens (including phenoxy) is 3. The molecule has 6 nitrogen and oxygen atoms in total. The van der Waals surface area contributed by atoms with Crippen LogP contribution in [0.15, 0.2) is 58.3 Å². The van der Waals surface area contributed by atoms with Crippen LogP contribution in [0.2, 0.25) is 0 Å². The maximum Gasteiger partial charge on any atom is 0.306 e. The molecule has 3 saturated carbocycles. The van der Waals surface area contributed by atoms with E-state index in [4.69, 9.17) is 14.2 Å². The predicted octanol–water partition coefficient (Wildman–Crippen LogP) is 16.8. The first kappa shape index (κ1) is 49.2. The number of hydrogen-bond acceptors (Lipinski definition) is 6. The highest BCUT2D eigenvalue weighted by Gasteiger charge is 2.59. The van der Waals surface area contributed by atoms with Gasteiger partial charge in [-0.3, -0.25) is 4.79 Å². The molecule has 0 radical (unpaired) electrons. The summed E-state index contributed by atoms with van der Waals surface area (Å²) in [6.07, 6.45) is 28.5. The number of esters is 1. The Morgan fingerprint density at radius 2 is 1.46 bits per heavy atom. The van der Waals surface area contributed by atoms with Crippen molar-refractivity contribution in [2.45, 2.75) is 195 Å². The van der Waals surface area contributed by atoms with Crippen LogP contribution in [0.1, 0.15) is 189 Å². The van der Waals surface area contributed by atoms with Crippen LogP contribution in [-0.2, 0) is 9.53 Å². The number of benzene rings is 2. The fraction of sp³-hybridized carbons (Fsp3) is 0.727. The molecule has 0 amide bonds. The van der Waals surface area contributed by atoms with Gasteiger partial charge in [0, 0.05) is 12.8 Å². The summed E-state index contributed by atoms with van der Waals surface area (Å²) in [5.41, 5.74) is 2.66. The van der Waals surface area contributed by atoms with Crippen LogP contribution in [0, 0.1) is 58.0 Å². The Bertz CT molecular complexity index is 1790. The molecule has 0 spiro atoms. The van der Waals surface area contributed by atoms with Gasteiger partial charge < -0.3 is 14.2 Å². The van der Waals surface area contributed by atoms with Gasteiger partial charge in [-0.2, -0.15) is 9.50 Å². The molecule has 0 unspecified atom stereocenters. The van der Waals surface area contributed by atoms with Crippen LogP contribution in [0.5, 0.6) is 11.5 Å². The number of allylic oxidation sites excluding steroid dienone is 1. The van der Waals surface area contributed by atoms with Crippen molar-refractivity contribution in [3.8, 4) is 11.5 Å². The molecule has 4 aliphatic rings. The maximum atomic E-state index is 14.8. The van der Waals surface area contributed by atoms with Crippen molar-refractivity contribution in [3.63, 3.8) is 0 Å². The second kappa shape index (κ2) is 23.8. The van der Waals surface area contributed by atoms with Gasteiger partial charge in [0.15, 0.2) is 11.6 Å². The number of halogens is 2. The fourth-order valence-corrected chi connectivity index (χ4v) is 12.6. The molecular formula is C55H82F2N2O4. The molecule has 4 aliphatic carbocycles. The zero-order valence-corrected chi connectivity index (χ0v) is 40.0. The Morgan fingerprint density at radius 1 is 0.746 bits per heavy atom. The monoisotopic (exact) mass is 873 g/mol. The Kier molecular flexibility index (Phi) is 18.5. The highest BCUT2D eigenvalue weighted by Crippen LogP contribution is 2.67.